The first-order chi connectivity index (χ1) is 11.2. The first-order valence-electron chi connectivity index (χ1n) is 9.14. The lowest BCUT2D eigenvalue weighted by molar-refractivity contribution is -0.129. The third-order valence-corrected chi connectivity index (χ3v) is 5.96. The monoisotopic (exact) mass is 346 g/mol. The van der Waals surface area contributed by atoms with Gasteiger partial charge in [-0.3, -0.25) is 4.90 Å². The van der Waals surface area contributed by atoms with Gasteiger partial charge in [0.1, 0.15) is 0 Å². The Balaban J connectivity index is 3.45. The number of hydrogen-bond donors (Lipinski definition) is 5. The summed E-state index contributed by atoms with van der Waals surface area (Å²) in [6.45, 7) is 8.12. The predicted molar refractivity (Wildman–Crippen MR) is 95.5 cm³/mol. The second-order valence-electron chi connectivity index (χ2n) is 8.45. The van der Waals surface area contributed by atoms with Crippen LogP contribution in [0.15, 0.2) is 0 Å². The molecule has 6 nitrogen and oxygen atoms in total. The van der Waals surface area contributed by atoms with Gasteiger partial charge in [-0.2, -0.15) is 0 Å². The summed E-state index contributed by atoms with van der Waals surface area (Å²) in [5.74, 6) is 0.0956. The highest BCUT2D eigenvalue weighted by atomic mass is 16.3. The Kier molecular flexibility index (Phi) is 8.10. The van der Waals surface area contributed by atoms with Crippen LogP contribution in [0.3, 0.4) is 0 Å². The van der Waals surface area contributed by atoms with Crippen LogP contribution in [0.2, 0.25) is 0 Å². The first kappa shape index (κ1) is 21.8. The predicted octanol–water partition coefficient (Wildman–Crippen LogP) is 0.178. The minimum absolute atomic E-state index is 0.00120. The molecule has 0 radical (unpaired) electrons. The van der Waals surface area contributed by atoms with Crippen molar-refractivity contribution < 1.29 is 20.4 Å². The summed E-state index contributed by atoms with van der Waals surface area (Å²) in [7, 11) is 0. The van der Waals surface area contributed by atoms with Gasteiger partial charge in [0, 0.05) is 31.8 Å². The van der Waals surface area contributed by atoms with Crippen LogP contribution < -0.4 is 5.73 Å². The molecule has 0 aliphatic heterocycles. The molecule has 6 N–H and O–H groups in total. The summed E-state index contributed by atoms with van der Waals surface area (Å²) >= 11 is 0. The van der Waals surface area contributed by atoms with Gasteiger partial charge in [0.05, 0.1) is 13.2 Å². The van der Waals surface area contributed by atoms with E-state index in [0.717, 1.165) is 12.8 Å². The highest BCUT2D eigenvalue weighted by Crippen LogP contribution is 2.57. The van der Waals surface area contributed by atoms with Crippen molar-refractivity contribution in [3.63, 3.8) is 0 Å². The third kappa shape index (κ3) is 4.48. The molecule has 0 aromatic carbocycles. The van der Waals surface area contributed by atoms with E-state index in [0.29, 0.717) is 32.5 Å². The van der Waals surface area contributed by atoms with Crippen molar-refractivity contribution in [1.82, 2.24) is 4.90 Å². The first-order valence-corrected chi connectivity index (χ1v) is 9.14. The highest BCUT2D eigenvalue weighted by molar-refractivity contribution is 5.10. The van der Waals surface area contributed by atoms with Crippen LogP contribution in [-0.2, 0) is 0 Å². The number of hydrogen-bond acceptors (Lipinski definition) is 6. The van der Waals surface area contributed by atoms with Crippen LogP contribution in [0.4, 0.5) is 0 Å². The summed E-state index contributed by atoms with van der Waals surface area (Å²) in [6.07, 6.45) is 2.97. The Labute approximate surface area is 146 Å². The highest BCUT2D eigenvalue weighted by Gasteiger charge is 2.57. The molecule has 1 saturated carbocycles. The second-order valence-corrected chi connectivity index (χ2v) is 8.45. The number of nitrogens with zero attached hydrogens (tertiary/aromatic N) is 1. The van der Waals surface area contributed by atoms with E-state index in [2.05, 4.69) is 25.7 Å². The Bertz CT molecular complexity index is 374. The SMILES string of the molecule is CC1(C)CC(C)(CN)C(CCO)C(CCO)(N(CCO)CCO)C1. The molecule has 3 atom stereocenters. The van der Waals surface area contributed by atoms with Gasteiger partial charge in [0.2, 0.25) is 0 Å². The molecular formula is C18H38N2O4. The van der Waals surface area contributed by atoms with Crippen LogP contribution in [0.25, 0.3) is 0 Å². The molecule has 0 amide bonds. The van der Waals surface area contributed by atoms with Crippen molar-refractivity contribution in [3.8, 4) is 0 Å². The van der Waals surface area contributed by atoms with Crippen LogP contribution in [0, 0.1) is 16.7 Å². The number of β-amino-alcohol motifs (C(OH)–C–C–N with tert-alkyl or cyclic N) is 2. The van der Waals surface area contributed by atoms with Crippen molar-refractivity contribution in [2.24, 2.45) is 22.5 Å². The van der Waals surface area contributed by atoms with E-state index >= 15 is 0 Å². The minimum Gasteiger partial charge on any atom is -0.396 e. The molecule has 0 heterocycles. The largest absolute Gasteiger partial charge is 0.396 e. The summed E-state index contributed by atoms with van der Waals surface area (Å²) in [5.41, 5.74) is 5.66. The lowest BCUT2D eigenvalue weighted by atomic mass is 9.50. The van der Waals surface area contributed by atoms with Crippen molar-refractivity contribution in [2.45, 2.75) is 52.0 Å². The summed E-state index contributed by atoms with van der Waals surface area (Å²) in [6, 6.07) is 0. The Hall–Kier alpha value is -0.240. The zero-order chi connectivity index (χ0) is 18.4. The molecule has 1 aliphatic carbocycles. The molecule has 144 valence electrons. The van der Waals surface area contributed by atoms with Crippen molar-refractivity contribution in [3.05, 3.63) is 0 Å². The van der Waals surface area contributed by atoms with Crippen molar-refractivity contribution >= 4 is 0 Å². The maximum absolute atomic E-state index is 9.82. The van der Waals surface area contributed by atoms with Crippen molar-refractivity contribution in [2.75, 3.05) is 46.1 Å². The normalized spacial score (nSPS) is 33.1. The summed E-state index contributed by atoms with van der Waals surface area (Å²) in [5, 5.41) is 38.6. The van der Waals surface area contributed by atoms with E-state index in [1.165, 1.54) is 0 Å². The van der Waals surface area contributed by atoms with Crippen LogP contribution in [0.5, 0.6) is 0 Å². The molecule has 0 bridgehead atoms. The Morgan fingerprint density at radius 3 is 1.92 bits per heavy atom. The molecular weight excluding hydrogens is 308 g/mol. The smallest absolute Gasteiger partial charge is 0.0558 e. The molecule has 1 rings (SSSR count). The number of nitrogens with two attached hydrogens (primary N) is 1. The van der Waals surface area contributed by atoms with Gasteiger partial charge in [0.15, 0.2) is 0 Å². The average Bonchev–Trinajstić information content (AvgIpc) is 2.50. The van der Waals surface area contributed by atoms with Gasteiger partial charge < -0.3 is 26.2 Å². The molecule has 0 saturated heterocycles. The zero-order valence-corrected chi connectivity index (χ0v) is 15.7. The quantitative estimate of drug-likeness (QED) is 0.386. The summed E-state index contributed by atoms with van der Waals surface area (Å²) in [4.78, 5) is 2.12. The number of rotatable bonds is 10. The van der Waals surface area contributed by atoms with Gasteiger partial charge in [0.25, 0.3) is 0 Å². The van der Waals surface area contributed by atoms with Crippen LogP contribution >= 0.6 is 0 Å². The van der Waals surface area contributed by atoms with Crippen molar-refractivity contribution in [1.29, 1.82) is 0 Å². The molecule has 3 unspecified atom stereocenters. The lowest BCUT2D eigenvalue weighted by Crippen LogP contribution is -2.66. The molecule has 0 aromatic heterocycles. The van der Waals surface area contributed by atoms with Crippen LogP contribution in [0.1, 0.15) is 46.5 Å². The molecule has 0 spiro atoms. The fourth-order valence-electron chi connectivity index (χ4n) is 5.59. The van der Waals surface area contributed by atoms with Gasteiger partial charge in [-0.25, -0.2) is 0 Å². The second kappa shape index (κ2) is 8.92. The molecule has 1 aliphatic rings. The molecule has 1 fully saturated rings. The fourth-order valence-corrected chi connectivity index (χ4v) is 5.59. The third-order valence-electron chi connectivity index (χ3n) is 5.96. The van der Waals surface area contributed by atoms with Gasteiger partial charge in [-0.1, -0.05) is 20.8 Å². The van der Waals surface area contributed by atoms with E-state index in [-0.39, 0.29) is 43.2 Å². The standard InChI is InChI=1S/C18H38N2O4/c1-16(2)12-17(3,14-19)15(4-8-21)18(13-16,5-9-22)20(6-10-23)7-11-24/h15,21-24H,4-14,19H2,1-3H3. The topological polar surface area (TPSA) is 110 Å². The number of aliphatic hydroxyl groups is 4. The molecule has 0 aromatic rings. The van der Waals surface area contributed by atoms with E-state index in [1.807, 2.05) is 0 Å². The molecule has 6 heteroatoms. The van der Waals surface area contributed by atoms with E-state index in [9.17, 15) is 20.4 Å². The van der Waals surface area contributed by atoms with E-state index in [4.69, 9.17) is 5.73 Å². The van der Waals surface area contributed by atoms with Crippen LogP contribution in [-0.4, -0.2) is 76.9 Å². The minimum atomic E-state index is -0.390. The maximum Gasteiger partial charge on any atom is 0.0558 e. The van der Waals surface area contributed by atoms with Gasteiger partial charge in [-0.05, 0) is 49.0 Å². The lowest BCUT2D eigenvalue weighted by Gasteiger charge is -2.62. The Morgan fingerprint density at radius 1 is 0.917 bits per heavy atom. The fraction of sp³-hybridized carbons (Fsp3) is 1.00. The molecule has 24 heavy (non-hydrogen) atoms. The van der Waals surface area contributed by atoms with Gasteiger partial charge >= 0.3 is 0 Å². The Morgan fingerprint density at radius 2 is 1.50 bits per heavy atom. The maximum atomic E-state index is 9.82. The summed E-state index contributed by atoms with van der Waals surface area (Å²) < 4.78 is 0. The zero-order valence-electron chi connectivity index (χ0n) is 15.7. The van der Waals surface area contributed by atoms with E-state index in [1.54, 1.807) is 0 Å². The van der Waals surface area contributed by atoms with Gasteiger partial charge in [-0.15, -0.1) is 0 Å². The number of aliphatic hydroxyl groups excluding tert-OH is 4. The van der Waals surface area contributed by atoms with E-state index < -0.39 is 5.54 Å². The average molecular weight is 347 g/mol.